The van der Waals surface area contributed by atoms with Gasteiger partial charge >= 0.3 is 5.97 Å². The molecular formula is C13H10FN3O3. The molecule has 102 valence electrons. The standard InChI is InChI=1S/C13H10FN3O3/c14-10-3-2-9(7-8(10)1-4-12(18)19)16-13(20)11-5-6-15-17-11/h1-7H,(H,15,17)(H,16,20)(H,18,19)/b4-1+. The molecule has 0 aliphatic rings. The highest BCUT2D eigenvalue weighted by atomic mass is 19.1. The first-order valence-electron chi connectivity index (χ1n) is 5.57. The van der Waals surface area contributed by atoms with Crippen LogP contribution in [0.1, 0.15) is 16.1 Å². The van der Waals surface area contributed by atoms with Gasteiger partial charge in [0.05, 0.1) is 0 Å². The molecule has 2 aromatic rings. The highest BCUT2D eigenvalue weighted by molar-refractivity contribution is 6.02. The Morgan fingerprint density at radius 2 is 2.15 bits per heavy atom. The van der Waals surface area contributed by atoms with Crippen LogP contribution < -0.4 is 5.32 Å². The van der Waals surface area contributed by atoms with Crippen molar-refractivity contribution in [2.45, 2.75) is 0 Å². The SMILES string of the molecule is O=C(O)/C=C/c1cc(NC(=O)c2ccn[nH]2)ccc1F. The number of aromatic amines is 1. The normalized spacial score (nSPS) is 10.7. The van der Waals surface area contributed by atoms with Crippen molar-refractivity contribution in [3.8, 4) is 0 Å². The molecule has 0 aliphatic heterocycles. The van der Waals surface area contributed by atoms with Crippen molar-refractivity contribution in [2.75, 3.05) is 5.32 Å². The topological polar surface area (TPSA) is 95.1 Å². The molecule has 0 atom stereocenters. The summed E-state index contributed by atoms with van der Waals surface area (Å²) in [4.78, 5) is 22.2. The van der Waals surface area contributed by atoms with Crippen LogP contribution in [0.4, 0.5) is 10.1 Å². The van der Waals surface area contributed by atoms with Gasteiger partial charge in [0, 0.05) is 23.5 Å². The molecule has 20 heavy (non-hydrogen) atoms. The van der Waals surface area contributed by atoms with Crippen LogP contribution in [-0.2, 0) is 4.79 Å². The molecule has 0 unspecified atom stereocenters. The van der Waals surface area contributed by atoms with Crippen molar-refractivity contribution in [1.29, 1.82) is 0 Å². The fourth-order valence-corrected chi connectivity index (χ4v) is 1.49. The van der Waals surface area contributed by atoms with E-state index in [4.69, 9.17) is 5.11 Å². The largest absolute Gasteiger partial charge is 0.478 e. The van der Waals surface area contributed by atoms with E-state index in [0.717, 1.165) is 18.2 Å². The second-order valence-corrected chi connectivity index (χ2v) is 3.83. The first-order chi connectivity index (χ1) is 9.56. The maximum atomic E-state index is 13.5. The molecule has 0 bridgehead atoms. The highest BCUT2D eigenvalue weighted by Gasteiger charge is 2.08. The molecule has 0 fully saturated rings. The molecule has 1 aromatic heterocycles. The lowest BCUT2D eigenvalue weighted by atomic mass is 10.1. The van der Waals surface area contributed by atoms with E-state index in [1.54, 1.807) is 0 Å². The van der Waals surface area contributed by atoms with Gasteiger partial charge in [-0.05, 0) is 30.3 Å². The van der Waals surface area contributed by atoms with E-state index in [9.17, 15) is 14.0 Å². The Balaban J connectivity index is 2.19. The smallest absolute Gasteiger partial charge is 0.328 e. The maximum absolute atomic E-state index is 13.5. The monoisotopic (exact) mass is 275 g/mol. The van der Waals surface area contributed by atoms with Crippen LogP contribution in [0.15, 0.2) is 36.5 Å². The average Bonchev–Trinajstić information content (AvgIpc) is 2.93. The molecule has 1 heterocycles. The second kappa shape index (κ2) is 5.79. The number of hydrogen-bond acceptors (Lipinski definition) is 3. The fraction of sp³-hybridized carbons (Fsp3) is 0. The summed E-state index contributed by atoms with van der Waals surface area (Å²) in [6.45, 7) is 0. The summed E-state index contributed by atoms with van der Waals surface area (Å²) in [5, 5.41) is 17.2. The highest BCUT2D eigenvalue weighted by Crippen LogP contribution is 2.16. The molecule has 0 aliphatic carbocycles. The van der Waals surface area contributed by atoms with Gasteiger partial charge in [0.15, 0.2) is 0 Å². The van der Waals surface area contributed by atoms with Crippen molar-refractivity contribution in [3.05, 3.63) is 53.6 Å². The minimum atomic E-state index is -1.18. The summed E-state index contributed by atoms with van der Waals surface area (Å²) in [6, 6.07) is 5.35. The quantitative estimate of drug-likeness (QED) is 0.742. The zero-order chi connectivity index (χ0) is 14.5. The summed E-state index contributed by atoms with van der Waals surface area (Å²) in [5.74, 6) is -2.19. The van der Waals surface area contributed by atoms with E-state index in [1.807, 2.05) is 0 Å². The van der Waals surface area contributed by atoms with Gasteiger partial charge in [-0.1, -0.05) is 0 Å². The summed E-state index contributed by atoms with van der Waals surface area (Å²) < 4.78 is 13.5. The summed E-state index contributed by atoms with van der Waals surface area (Å²) in [5.41, 5.74) is 0.669. The Hall–Kier alpha value is -2.96. The summed E-state index contributed by atoms with van der Waals surface area (Å²) in [7, 11) is 0. The number of hydrogen-bond donors (Lipinski definition) is 3. The van der Waals surface area contributed by atoms with E-state index in [0.29, 0.717) is 5.69 Å². The number of carbonyl (C=O) groups excluding carboxylic acids is 1. The summed E-state index contributed by atoms with van der Waals surface area (Å²) >= 11 is 0. The van der Waals surface area contributed by atoms with E-state index in [-0.39, 0.29) is 11.3 Å². The number of anilines is 1. The van der Waals surface area contributed by atoms with E-state index in [1.165, 1.54) is 24.4 Å². The van der Waals surface area contributed by atoms with Crippen LogP contribution in [-0.4, -0.2) is 27.2 Å². The van der Waals surface area contributed by atoms with E-state index >= 15 is 0 Å². The first kappa shape index (κ1) is 13.5. The number of carboxylic acid groups (broad SMARTS) is 1. The second-order valence-electron chi connectivity index (χ2n) is 3.83. The van der Waals surface area contributed by atoms with Crippen LogP contribution in [0, 0.1) is 5.82 Å². The predicted molar refractivity (Wildman–Crippen MR) is 69.6 cm³/mol. The van der Waals surface area contributed by atoms with Crippen LogP contribution in [0.5, 0.6) is 0 Å². The number of aliphatic carboxylic acids is 1. The maximum Gasteiger partial charge on any atom is 0.328 e. The third-order valence-corrected chi connectivity index (χ3v) is 2.40. The fourth-order valence-electron chi connectivity index (χ4n) is 1.49. The lowest BCUT2D eigenvalue weighted by molar-refractivity contribution is -0.131. The Morgan fingerprint density at radius 1 is 1.35 bits per heavy atom. The number of carboxylic acids is 1. The first-order valence-corrected chi connectivity index (χ1v) is 5.57. The van der Waals surface area contributed by atoms with Crippen molar-refractivity contribution >= 4 is 23.6 Å². The number of nitrogens with one attached hydrogen (secondary N) is 2. The molecule has 0 saturated heterocycles. The Morgan fingerprint density at radius 3 is 2.80 bits per heavy atom. The molecule has 0 saturated carbocycles. The van der Waals surface area contributed by atoms with Gasteiger partial charge in [-0.15, -0.1) is 0 Å². The summed E-state index contributed by atoms with van der Waals surface area (Å²) in [6.07, 6.45) is 3.36. The molecule has 0 radical (unpaired) electrons. The number of carbonyl (C=O) groups is 2. The van der Waals surface area contributed by atoms with Gasteiger partial charge < -0.3 is 10.4 Å². The molecule has 0 spiro atoms. The number of aromatic nitrogens is 2. The lowest BCUT2D eigenvalue weighted by Crippen LogP contribution is -2.12. The number of amides is 1. The number of rotatable bonds is 4. The van der Waals surface area contributed by atoms with Crippen LogP contribution >= 0.6 is 0 Å². The Bertz CT molecular complexity index is 666. The van der Waals surface area contributed by atoms with Crippen LogP contribution in [0.2, 0.25) is 0 Å². The molecular weight excluding hydrogens is 265 g/mol. The lowest BCUT2D eigenvalue weighted by Gasteiger charge is -2.05. The Labute approximate surface area is 112 Å². The zero-order valence-electron chi connectivity index (χ0n) is 10.1. The number of nitrogens with zero attached hydrogens (tertiary/aromatic N) is 1. The molecule has 7 heteroatoms. The minimum absolute atomic E-state index is 0.0646. The predicted octanol–water partition coefficient (Wildman–Crippen LogP) is 1.90. The van der Waals surface area contributed by atoms with Gasteiger partial charge in [0.1, 0.15) is 11.5 Å². The molecule has 3 N–H and O–H groups in total. The molecule has 2 rings (SSSR count). The van der Waals surface area contributed by atoms with E-state index in [2.05, 4.69) is 15.5 Å². The van der Waals surface area contributed by atoms with Gasteiger partial charge in [0.2, 0.25) is 0 Å². The van der Waals surface area contributed by atoms with Gasteiger partial charge in [-0.3, -0.25) is 9.89 Å². The number of halogens is 1. The van der Waals surface area contributed by atoms with Crippen molar-refractivity contribution in [1.82, 2.24) is 10.2 Å². The third kappa shape index (κ3) is 3.29. The van der Waals surface area contributed by atoms with Gasteiger partial charge in [-0.2, -0.15) is 5.10 Å². The van der Waals surface area contributed by atoms with Crippen molar-refractivity contribution < 1.29 is 19.1 Å². The van der Waals surface area contributed by atoms with Crippen LogP contribution in [0.25, 0.3) is 6.08 Å². The average molecular weight is 275 g/mol. The third-order valence-electron chi connectivity index (χ3n) is 2.40. The van der Waals surface area contributed by atoms with E-state index < -0.39 is 17.7 Å². The molecule has 1 amide bonds. The number of H-pyrrole nitrogens is 1. The van der Waals surface area contributed by atoms with Crippen molar-refractivity contribution in [2.24, 2.45) is 0 Å². The van der Waals surface area contributed by atoms with Crippen LogP contribution in [0.3, 0.4) is 0 Å². The van der Waals surface area contributed by atoms with Gasteiger partial charge in [-0.25, -0.2) is 9.18 Å². The van der Waals surface area contributed by atoms with Crippen molar-refractivity contribution in [3.63, 3.8) is 0 Å². The Kier molecular flexibility index (Phi) is 3.90. The van der Waals surface area contributed by atoms with Gasteiger partial charge in [0.25, 0.3) is 5.91 Å². The minimum Gasteiger partial charge on any atom is -0.478 e. The zero-order valence-corrected chi connectivity index (χ0v) is 10.1. The molecule has 6 nitrogen and oxygen atoms in total. The molecule has 1 aromatic carbocycles. The number of benzene rings is 1.